The average molecular weight is 493 g/mol. The number of rotatable bonds is 6. The summed E-state index contributed by atoms with van der Waals surface area (Å²) in [6, 6.07) is 20.6. The van der Waals surface area contributed by atoms with Gasteiger partial charge in [0.1, 0.15) is 24.0 Å². The molecule has 0 unspecified atom stereocenters. The van der Waals surface area contributed by atoms with E-state index in [4.69, 9.17) is 21.3 Å². The van der Waals surface area contributed by atoms with Crippen LogP contribution in [0.25, 0.3) is 11.0 Å². The molecule has 1 fully saturated rings. The Kier molecular flexibility index (Phi) is 6.59. The van der Waals surface area contributed by atoms with Crippen LogP contribution in [0.5, 0.6) is 5.75 Å². The molecule has 5 rings (SSSR count). The smallest absolute Gasteiger partial charge is 0.219 e. The number of fused-ring (bicyclic) bond motifs is 1. The average Bonchev–Trinajstić information content (AvgIpc) is 3.20. The first-order chi connectivity index (χ1) is 17.0. The molecule has 35 heavy (non-hydrogen) atoms. The topological polar surface area (TPSA) is 50.6 Å². The normalized spacial score (nSPS) is 13.9. The van der Waals surface area contributed by atoms with Gasteiger partial charge in [0.05, 0.1) is 16.7 Å². The number of aromatic nitrogens is 2. The molecule has 0 atom stereocenters. The first kappa shape index (κ1) is 23.2. The molecule has 4 aromatic rings. The molecule has 0 aliphatic carbocycles. The zero-order valence-electron chi connectivity index (χ0n) is 19.5. The lowest BCUT2D eigenvalue weighted by molar-refractivity contribution is -0.129. The van der Waals surface area contributed by atoms with Gasteiger partial charge in [-0.2, -0.15) is 0 Å². The van der Waals surface area contributed by atoms with Crippen LogP contribution in [0.2, 0.25) is 5.02 Å². The Hall–Kier alpha value is -3.58. The number of imidazole rings is 1. The fourth-order valence-electron chi connectivity index (χ4n) is 4.41. The highest BCUT2D eigenvalue weighted by Gasteiger charge is 2.23. The van der Waals surface area contributed by atoms with E-state index in [1.807, 2.05) is 65.6 Å². The Morgan fingerprint density at radius 2 is 1.74 bits per heavy atom. The maximum atomic E-state index is 15.2. The number of hydrogen-bond acceptors (Lipinski definition) is 4. The predicted octanol–water partition coefficient (Wildman–Crippen LogP) is 5.12. The van der Waals surface area contributed by atoms with E-state index in [0.29, 0.717) is 54.8 Å². The van der Waals surface area contributed by atoms with Crippen LogP contribution in [0.4, 0.5) is 10.1 Å². The van der Waals surface area contributed by atoms with Crippen LogP contribution < -0.4 is 9.64 Å². The van der Waals surface area contributed by atoms with Gasteiger partial charge in [0, 0.05) is 50.7 Å². The third-order valence-electron chi connectivity index (χ3n) is 6.33. The number of para-hydroxylation sites is 1. The molecular weight excluding hydrogens is 467 g/mol. The molecule has 1 aliphatic rings. The zero-order valence-corrected chi connectivity index (χ0v) is 20.2. The zero-order chi connectivity index (χ0) is 24.4. The SMILES string of the molecule is CC(=O)N1CCN(c2cc3c(cc2F)nc(COc2ccccc2)n3Cc2ccc(Cl)cc2)CC1. The number of hydrogen-bond donors (Lipinski definition) is 0. The minimum Gasteiger partial charge on any atom is -0.486 e. The van der Waals surface area contributed by atoms with E-state index in [-0.39, 0.29) is 18.3 Å². The van der Waals surface area contributed by atoms with Gasteiger partial charge in [-0.3, -0.25) is 4.79 Å². The number of carbonyl (C=O) groups excluding carboxylic acids is 1. The molecule has 0 spiro atoms. The summed E-state index contributed by atoms with van der Waals surface area (Å²) < 4.78 is 23.3. The maximum absolute atomic E-state index is 15.2. The second kappa shape index (κ2) is 9.96. The molecule has 6 nitrogen and oxygen atoms in total. The largest absolute Gasteiger partial charge is 0.486 e. The number of piperazine rings is 1. The van der Waals surface area contributed by atoms with E-state index in [1.54, 1.807) is 11.8 Å². The molecule has 1 aliphatic heterocycles. The molecule has 1 amide bonds. The summed E-state index contributed by atoms with van der Waals surface area (Å²) in [6.07, 6.45) is 0. The molecule has 1 aromatic heterocycles. The first-order valence-electron chi connectivity index (χ1n) is 11.6. The molecule has 0 radical (unpaired) electrons. The third-order valence-corrected chi connectivity index (χ3v) is 6.58. The highest BCUT2D eigenvalue weighted by Crippen LogP contribution is 2.29. The van der Waals surface area contributed by atoms with Crippen molar-refractivity contribution in [2.24, 2.45) is 0 Å². The number of amides is 1. The predicted molar refractivity (Wildman–Crippen MR) is 135 cm³/mol. The van der Waals surface area contributed by atoms with E-state index in [1.165, 1.54) is 6.07 Å². The summed E-state index contributed by atoms with van der Waals surface area (Å²) in [5.41, 5.74) is 2.98. The minimum atomic E-state index is -0.319. The Bertz CT molecular complexity index is 1330. The van der Waals surface area contributed by atoms with Gasteiger partial charge in [-0.15, -0.1) is 0 Å². The van der Waals surface area contributed by atoms with Gasteiger partial charge in [0.25, 0.3) is 0 Å². The van der Waals surface area contributed by atoms with E-state index in [0.717, 1.165) is 16.8 Å². The van der Waals surface area contributed by atoms with Crippen molar-refractivity contribution in [3.8, 4) is 5.75 Å². The Labute approximate surface area is 208 Å². The minimum absolute atomic E-state index is 0.0460. The number of nitrogens with zero attached hydrogens (tertiary/aromatic N) is 4. The van der Waals surface area contributed by atoms with E-state index < -0.39 is 0 Å². The molecule has 0 saturated carbocycles. The fraction of sp³-hybridized carbons (Fsp3) is 0.259. The highest BCUT2D eigenvalue weighted by molar-refractivity contribution is 6.30. The van der Waals surface area contributed by atoms with Crippen molar-refractivity contribution < 1.29 is 13.9 Å². The van der Waals surface area contributed by atoms with Gasteiger partial charge < -0.3 is 19.1 Å². The fourth-order valence-corrected chi connectivity index (χ4v) is 4.54. The van der Waals surface area contributed by atoms with Crippen LogP contribution in [-0.4, -0.2) is 46.5 Å². The maximum Gasteiger partial charge on any atom is 0.219 e. The van der Waals surface area contributed by atoms with Crippen molar-refractivity contribution in [1.29, 1.82) is 0 Å². The van der Waals surface area contributed by atoms with Crippen LogP contribution in [0, 0.1) is 5.82 Å². The van der Waals surface area contributed by atoms with Gasteiger partial charge >= 0.3 is 0 Å². The van der Waals surface area contributed by atoms with Gasteiger partial charge in [0.2, 0.25) is 5.91 Å². The van der Waals surface area contributed by atoms with Gasteiger partial charge in [-0.1, -0.05) is 41.9 Å². The molecule has 1 saturated heterocycles. The number of anilines is 1. The van der Waals surface area contributed by atoms with Crippen LogP contribution in [0.15, 0.2) is 66.7 Å². The Balaban J connectivity index is 1.50. The Morgan fingerprint density at radius 1 is 1.03 bits per heavy atom. The van der Waals surface area contributed by atoms with Gasteiger partial charge in [-0.05, 0) is 35.9 Å². The first-order valence-corrected chi connectivity index (χ1v) is 12.0. The molecule has 8 heteroatoms. The third kappa shape index (κ3) is 5.10. The quantitative estimate of drug-likeness (QED) is 0.374. The second-order valence-corrected chi connectivity index (χ2v) is 9.06. The lowest BCUT2D eigenvalue weighted by Gasteiger charge is -2.35. The summed E-state index contributed by atoms with van der Waals surface area (Å²) >= 11 is 6.08. The number of carbonyl (C=O) groups is 1. The van der Waals surface area contributed by atoms with Crippen molar-refractivity contribution in [1.82, 2.24) is 14.5 Å². The highest BCUT2D eigenvalue weighted by atomic mass is 35.5. The lowest BCUT2D eigenvalue weighted by Crippen LogP contribution is -2.48. The van der Waals surface area contributed by atoms with Crippen LogP contribution in [-0.2, 0) is 17.9 Å². The summed E-state index contributed by atoms with van der Waals surface area (Å²) in [7, 11) is 0. The number of ether oxygens (including phenoxy) is 1. The summed E-state index contributed by atoms with van der Waals surface area (Å²) in [6.45, 7) is 4.68. The lowest BCUT2D eigenvalue weighted by atomic mass is 10.2. The molecule has 2 heterocycles. The van der Waals surface area contributed by atoms with Crippen LogP contribution >= 0.6 is 11.6 Å². The summed E-state index contributed by atoms with van der Waals surface area (Å²) in [5.74, 6) is 1.18. The van der Waals surface area contributed by atoms with Crippen molar-refractivity contribution in [3.05, 3.63) is 89.0 Å². The van der Waals surface area contributed by atoms with E-state index in [9.17, 15) is 4.79 Å². The number of benzene rings is 3. The van der Waals surface area contributed by atoms with Crippen molar-refractivity contribution in [2.45, 2.75) is 20.1 Å². The summed E-state index contributed by atoms with van der Waals surface area (Å²) in [4.78, 5) is 20.2. The van der Waals surface area contributed by atoms with Crippen molar-refractivity contribution in [3.63, 3.8) is 0 Å². The molecule has 0 N–H and O–H groups in total. The molecular formula is C27H26ClFN4O2. The van der Waals surface area contributed by atoms with Crippen molar-refractivity contribution in [2.75, 3.05) is 31.1 Å². The van der Waals surface area contributed by atoms with Crippen molar-refractivity contribution >= 4 is 34.2 Å². The van der Waals surface area contributed by atoms with Gasteiger partial charge in [-0.25, -0.2) is 9.37 Å². The van der Waals surface area contributed by atoms with E-state index in [2.05, 4.69) is 4.57 Å². The van der Waals surface area contributed by atoms with E-state index >= 15 is 4.39 Å². The molecule has 0 bridgehead atoms. The standard InChI is InChI=1S/C27H26ClFN4O2/c1-19(34)31-11-13-32(14-12-31)25-16-26-24(15-23(25)29)30-27(18-35-22-5-3-2-4-6-22)33(26)17-20-7-9-21(28)10-8-20/h2-10,15-16H,11-14,17-18H2,1H3. The summed E-state index contributed by atoms with van der Waals surface area (Å²) in [5, 5.41) is 0.672. The van der Waals surface area contributed by atoms with Crippen LogP contribution in [0.1, 0.15) is 18.3 Å². The number of halogens is 2. The molecule has 3 aromatic carbocycles. The second-order valence-electron chi connectivity index (χ2n) is 8.63. The molecule has 180 valence electrons. The monoisotopic (exact) mass is 492 g/mol. The van der Waals surface area contributed by atoms with Crippen LogP contribution in [0.3, 0.4) is 0 Å². The van der Waals surface area contributed by atoms with Gasteiger partial charge in [0.15, 0.2) is 0 Å². The Morgan fingerprint density at radius 3 is 2.43 bits per heavy atom.